The first-order valence-electron chi connectivity index (χ1n) is 4.76. The molecule has 0 rings (SSSR count). The number of unbranched alkanes of at least 4 members (excludes halogenated alkanes) is 1. The zero-order valence-electron chi connectivity index (χ0n) is 8.76. The lowest BCUT2D eigenvalue weighted by Gasteiger charge is -2.25. The van der Waals surface area contributed by atoms with E-state index in [0.29, 0.717) is 6.10 Å². The van der Waals surface area contributed by atoms with E-state index in [4.69, 9.17) is 4.43 Å². The highest BCUT2D eigenvalue weighted by molar-refractivity contribution is 7.80. The minimum atomic E-state index is -1.34. The molecule has 0 saturated heterocycles. The van der Waals surface area contributed by atoms with Gasteiger partial charge in [0.25, 0.3) is 0 Å². The monoisotopic (exact) mass is 206 g/mol. The average Bonchev–Trinajstić information content (AvgIpc) is 1.84. The highest BCUT2D eigenvalue weighted by atomic mass is 32.1. The van der Waals surface area contributed by atoms with Crippen LogP contribution < -0.4 is 0 Å². The minimum Gasteiger partial charge on any atom is -0.415 e. The van der Waals surface area contributed by atoms with Crippen LogP contribution in [-0.2, 0) is 4.43 Å². The zero-order chi connectivity index (χ0) is 9.61. The molecule has 12 heavy (non-hydrogen) atoms. The van der Waals surface area contributed by atoms with Gasteiger partial charge in [-0.1, -0.05) is 6.42 Å². The Balaban J connectivity index is 3.56. The largest absolute Gasteiger partial charge is 0.415 e. The van der Waals surface area contributed by atoms with Gasteiger partial charge in [0.15, 0.2) is 8.32 Å². The van der Waals surface area contributed by atoms with Gasteiger partial charge < -0.3 is 4.43 Å². The molecule has 0 aromatic rings. The van der Waals surface area contributed by atoms with Gasteiger partial charge >= 0.3 is 0 Å². The van der Waals surface area contributed by atoms with Gasteiger partial charge in [0.2, 0.25) is 0 Å². The van der Waals surface area contributed by atoms with Gasteiger partial charge in [0, 0.05) is 6.10 Å². The molecule has 0 atom stereocenters. The van der Waals surface area contributed by atoms with E-state index in [2.05, 4.69) is 39.6 Å². The van der Waals surface area contributed by atoms with Crippen LogP contribution in [0.2, 0.25) is 19.1 Å². The molecule has 0 radical (unpaired) electrons. The van der Waals surface area contributed by atoms with Gasteiger partial charge in [-0.2, -0.15) is 12.6 Å². The van der Waals surface area contributed by atoms with Crippen molar-refractivity contribution in [2.45, 2.75) is 51.9 Å². The van der Waals surface area contributed by atoms with Crippen LogP contribution in [0, 0.1) is 0 Å². The van der Waals surface area contributed by atoms with Gasteiger partial charge in [0.1, 0.15) is 0 Å². The smallest absolute Gasteiger partial charge is 0.187 e. The summed E-state index contributed by atoms with van der Waals surface area (Å²) in [5.74, 6) is 1.01. The van der Waals surface area contributed by atoms with Crippen LogP contribution in [-0.4, -0.2) is 20.2 Å². The van der Waals surface area contributed by atoms with E-state index in [0.717, 1.165) is 5.75 Å². The summed E-state index contributed by atoms with van der Waals surface area (Å²) in [4.78, 5) is 0. The second kappa shape index (κ2) is 6.05. The van der Waals surface area contributed by atoms with E-state index in [1.54, 1.807) is 0 Å². The van der Waals surface area contributed by atoms with Crippen LogP contribution in [0.3, 0.4) is 0 Å². The van der Waals surface area contributed by atoms with Crippen molar-refractivity contribution < 1.29 is 4.43 Å². The second-order valence-corrected chi connectivity index (χ2v) is 8.81. The van der Waals surface area contributed by atoms with Crippen molar-refractivity contribution >= 4 is 20.9 Å². The molecule has 0 aromatic heterocycles. The summed E-state index contributed by atoms with van der Waals surface area (Å²) in [7, 11) is -1.34. The Bertz CT molecular complexity index is 115. The fourth-order valence-corrected chi connectivity index (χ4v) is 4.08. The van der Waals surface area contributed by atoms with Gasteiger partial charge in [-0.15, -0.1) is 0 Å². The maximum atomic E-state index is 5.90. The summed E-state index contributed by atoms with van der Waals surface area (Å²) in [6.07, 6.45) is 2.89. The fourth-order valence-electron chi connectivity index (χ4n) is 1.36. The van der Waals surface area contributed by atoms with E-state index in [-0.39, 0.29) is 0 Å². The summed E-state index contributed by atoms with van der Waals surface area (Å²) in [5, 5.41) is 0. The lowest BCUT2D eigenvalue weighted by molar-refractivity contribution is 0.231. The highest BCUT2D eigenvalue weighted by Crippen LogP contribution is 2.17. The lowest BCUT2D eigenvalue weighted by atomic mass is 10.4. The van der Waals surface area contributed by atoms with Crippen LogP contribution in [0.5, 0.6) is 0 Å². The van der Waals surface area contributed by atoms with Gasteiger partial charge in [-0.25, -0.2) is 0 Å². The molecule has 0 unspecified atom stereocenters. The summed E-state index contributed by atoms with van der Waals surface area (Å²) >= 11 is 4.19. The Kier molecular flexibility index (Phi) is 6.32. The van der Waals surface area contributed by atoms with Gasteiger partial charge in [-0.05, 0) is 45.2 Å². The molecule has 0 bridgehead atoms. The third kappa shape index (κ3) is 7.19. The first kappa shape index (κ1) is 12.5. The third-order valence-corrected chi connectivity index (χ3v) is 4.73. The van der Waals surface area contributed by atoms with Crippen LogP contribution >= 0.6 is 12.6 Å². The average molecular weight is 206 g/mol. The van der Waals surface area contributed by atoms with E-state index in [1.807, 2.05) is 0 Å². The molecular formula is C9H22OSSi. The summed E-state index contributed by atoms with van der Waals surface area (Å²) in [6.45, 7) is 8.83. The predicted molar refractivity (Wildman–Crippen MR) is 61.6 cm³/mol. The maximum Gasteiger partial charge on any atom is 0.187 e. The maximum absolute atomic E-state index is 5.90. The van der Waals surface area contributed by atoms with Crippen molar-refractivity contribution in [2.24, 2.45) is 0 Å². The second-order valence-electron chi connectivity index (χ2n) is 4.11. The number of hydrogen-bond acceptors (Lipinski definition) is 2. The van der Waals surface area contributed by atoms with Crippen LogP contribution in [0.4, 0.5) is 0 Å². The molecule has 0 spiro atoms. The minimum absolute atomic E-state index is 0.391. The molecule has 74 valence electrons. The topological polar surface area (TPSA) is 9.23 Å². The molecule has 0 aliphatic heterocycles. The van der Waals surface area contributed by atoms with E-state index in [9.17, 15) is 0 Å². The van der Waals surface area contributed by atoms with Gasteiger partial charge in [0.05, 0.1) is 0 Å². The normalized spacial score (nSPS) is 12.5. The number of thiol groups is 1. The molecule has 0 heterocycles. The molecule has 0 aliphatic rings. The Labute approximate surface area is 83.4 Å². The standard InChI is InChI=1S/C9H22OSSi/c1-9(2)10-12(3,4)8-6-5-7-11/h9,11H,5-8H2,1-4H3. The number of rotatable bonds is 6. The molecule has 0 saturated carbocycles. The van der Waals surface area contributed by atoms with Crippen molar-refractivity contribution in [3.8, 4) is 0 Å². The van der Waals surface area contributed by atoms with Crippen molar-refractivity contribution in [3.05, 3.63) is 0 Å². The first-order valence-corrected chi connectivity index (χ1v) is 8.51. The van der Waals surface area contributed by atoms with E-state index < -0.39 is 8.32 Å². The van der Waals surface area contributed by atoms with Crippen molar-refractivity contribution in [1.29, 1.82) is 0 Å². The Hall–Kier alpha value is 0.527. The summed E-state index contributed by atoms with van der Waals surface area (Å²) in [5.41, 5.74) is 0. The van der Waals surface area contributed by atoms with Crippen molar-refractivity contribution in [1.82, 2.24) is 0 Å². The fraction of sp³-hybridized carbons (Fsp3) is 1.00. The Morgan fingerprint density at radius 3 is 2.25 bits per heavy atom. The quantitative estimate of drug-likeness (QED) is 0.398. The zero-order valence-corrected chi connectivity index (χ0v) is 10.7. The van der Waals surface area contributed by atoms with E-state index in [1.165, 1.54) is 18.9 Å². The summed E-state index contributed by atoms with van der Waals surface area (Å²) < 4.78 is 5.90. The van der Waals surface area contributed by atoms with Gasteiger partial charge in [-0.3, -0.25) is 0 Å². The number of hydrogen-bond donors (Lipinski definition) is 1. The molecule has 0 aliphatic carbocycles. The SMILES string of the molecule is CC(C)O[Si](C)(C)CCCCS. The molecule has 0 fully saturated rings. The third-order valence-electron chi connectivity index (χ3n) is 1.74. The molecule has 0 N–H and O–H groups in total. The van der Waals surface area contributed by atoms with Crippen molar-refractivity contribution in [2.75, 3.05) is 5.75 Å². The highest BCUT2D eigenvalue weighted by Gasteiger charge is 2.22. The molecule has 0 amide bonds. The molecule has 0 aromatic carbocycles. The predicted octanol–water partition coefficient (Wildman–Crippen LogP) is 3.33. The summed E-state index contributed by atoms with van der Waals surface area (Å²) in [6, 6.07) is 1.27. The molecule has 1 nitrogen and oxygen atoms in total. The first-order chi connectivity index (χ1) is 5.48. The molecular weight excluding hydrogens is 184 g/mol. The molecule has 3 heteroatoms. The van der Waals surface area contributed by atoms with Crippen LogP contribution in [0.25, 0.3) is 0 Å². The Morgan fingerprint density at radius 2 is 1.83 bits per heavy atom. The van der Waals surface area contributed by atoms with Crippen molar-refractivity contribution in [3.63, 3.8) is 0 Å². The Morgan fingerprint density at radius 1 is 1.25 bits per heavy atom. The van der Waals surface area contributed by atoms with E-state index >= 15 is 0 Å². The van der Waals surface area contributed by atoms with Crippen LogP contribution in [0.1, 0.15) is 26.7 Å². The lowest BCUT2D eigenvalue weighted by Crippen LogP contribution is -2.33. The van der Waals surface area contributed by atoms with Crippen LogP contribution in [0.15, 0.2) is 0 Å².